The van der Waals surface area contributed by atoms with Crippen molar-refractivity contribution < 1.29 is 14.4 Å². The Kier molecular flexibility index (Phi) is 3.48. The molecule has 4 amide bonds. The minimum absolute atomic E-state index is 0.104. The predicted molar refractivity (Wildman–Crippen MR) is 66.7 cm³/mol. The standard InChI is InChI=1S/C12H14N4O3/c1-15-7-10(17)16(12(15)19)6-8-2-4-9(5-3-8)11(18)14-13/h2-5H,6-7,13H2,1H3,(H,14,18). The highest BCUT2D eigenvalue weighted by Crippen LogP contribution is 2.13. The van der Waals surface area contributed by atoms with Crippen LogP contribution in [-0.4, -0.2) is 41.2 Å². The summed E-state index contributed by atoms with van der Waals surface area (Å²) in [7, 11) is 1.58. The predicted octanol–water partition coefficient (Wildman–Crippen LogP) is -0.316. The van der Waals surface area contributed by atoms with E-state index in [-0.39, 0.29) is 30.9 Å². The maximum absolute atomic E-state index is 11.7. The number of benzene rings is 1. The highest BCUT2D eigenvalue weighted by Gasteiger charge is 2.33. The fourth-order valence-electron chi connectivity index (χ4n) is 1.85. The Morgan fingerprint density at radius 2 is 1.95 bits per heavy atom. The van der Waals surface area contributed by atoms with Crippen molar-refractivity contribution in [3.05, 3.63) is 35.4 Å². The summed E-state index contributed by atoms with van der Waals surface area (Å²) in [4.78, 5) is 37.1. The van der Waals surface area contributed by atoms with Gasteiger partial charge in [-0.25, -0.2) is 10.6 Å². The van der Waals surface area contributed by atoms with Crippen LogP contribution in [0.3, 0.4) is 0 Å². The van der Waals surface area contributed by atoms with E-state index in [4.69, 9.17) is 5.84 Å². The van der Waals surface area contributed by atoms with Crippen LogP contribution in [0.25, 0.3) is 0 Å². The highest BCUT2D eigenvalue weighted by atomic mass is 16.2. The number of hydrogen-bond acceptors (Lipinski definition) is 4. The van der Waals surface area contributed by atoms with Crippen LogP contribution in [0.4, 0.5) is 4.79 Å². The molecule has 0 aliphatic carbocycles. The van der Waals surface area contributed by atoms with Gasteiger partial charge in [0.1, 0.15) is 6.54 Å². The molecule has 7 heteroatoms. The normalized spacial score (nSPS) is 15.1. The number of amides is 4. The molecular formula is C12H14N4O3. The summed E-state index contributed by atoms with van der Waals surface area (Å²) >= 11 is 0. The van der Waals surface area contributed by atoms with Crippen molar-refractivity contribution in [2.45, 2.75) is 6.54 Å². The van der Waals surface area contributed by atoms with Crippen LogP contribution in [0.2, 0.25) is 0 Å². The third kappa shape index (κ3) is 2.55. The van der Waals surface area contributed by atoms with Crippen molar-refractivity contribution in [3.63, 3.8) is 0 Å². The maximum Gasteiger partial charge on any atom is 0.327 e. The van der Waals surface area contributed by atoms with E-state index in [0.717, 1.165) is 5.56 Å². The first-order chi connectivity index (χ1) is 9.02. The Morgan fingerprint density at radius 3 is 2.42 bits per heavy atom. The van der Waals surface area contributed by atoms with Crippen molar-refractivity contribution in [1.82, 2.24) is 15.2 Å². The molecule has 7 nitrogen and oxygen atoms in total. The number of nitrogens with zero attached hydrogens (tertiary/aromatic N) is 2. The Balaban J connectivity index is 2.10. The first kappa shape index (κ1) is 13.0. The van der Waals surface area contributed by atoms with Crippen LogP contribution >= 0.6 is 0 Å². The first-order valence-corrected chi connectivity index (χ1v) is 5.68. The summed E-state index contributed by atoms with van der Waals surface area (Å²) < 4.78 is 0. The summed E-state index contributed by atoms with van der Waals surface area (Å²) in [5.74, 6) is 4.41. The topological polar surface area (TPSA) is 95.7 Å². The number of imide groups is 1. The molecular weight excluding hydrogens is 248 g/mol. The van der Waals surface area contributed by atoms with Crippen LogP contribution in [0, 0.1) is 0 Å². The van der Waals surface area contributed by atoms with Crippen LogP contribution in [0.15, 0.2) is 24.3 Å². The number of nitrogens with one attached hydrogen (secondary N) is 1. The fourth-order valence-corrected chi connectivity index (χ4v) is 1.85. The molecule has 0 saturated carbocycles. The summed E-state index contributed by atoms with van der Waals surface area (Å²) in [6.07, 6.45) is 0. The van der Waals surface area contributed by atoms with E-state index < -0.39 is 0 Å². The van der Waals surface area contributed by atoms with Crippen molar-refractivity contribution in [2.75, 3.05) is 13.6 Å². The molecule has 2 rings (SSSR count). The van der Waals surface area contributed by atoms with Crippen molar-refractivity contribution in [3.8, 4) is 0 Å². The van der Waals surface area contributed by atoms with Gasteiger partial charge in [-0.15, -0.1) is 0 Å². The largest absolute Gasteiger partial charge is 0.327 e. The molecule has 0 aromatic heterocycles. The Bertz CT molecular complexity index is 526. The van der Waals surface area contributed by atoms with Crippen LogP contribution in [0.1, 0.15) is 15.9 Å². The average Bonchev–Trinajstić information content (AvgIpc) is 2.65. The third-order valence-electron chi connectivity index (χ3n) is 2.92. The number of likely N-dealkylation sites (N-methyl/N-ethyl adjacent to an activating group) is 1. The van der Waals surface area contributed by atoms with Gasteiger partial charge in [-0.05, 0) is 17.7 Å². The average molecular weight is 262 g/mol. The molecule has 1 aliphatic rings. The number of carbonyl (C=O) groups excluding carboxylic acids is 3. The van der Waals surface area contributed by atoms with E-state index in [9.17, 15) is 14.4 Å². The van der Waals surface area contributed by atoms with Gasteiger partial charge >= 0.3 is 6.03 Å². The fraction of sp³-hybridized carbons (Fsp3) is 0.250. The SMILES string of the molecule is CN1CC(=O)N(Cc2ccc(C(=O)NN)cc2)C1=O. The van der Waals surface area contributed by atoms with E-state index >= 15 is 0 Å². The van der Waals surface area contributed by atoms with Gasteiger partial charge in [0.25, 0.3) is 11.8 Å². The van der Waals surface area contributed by atoms with E-state index in [1.54, 1.807) is 31.3 Å². The first-order valence-electron chi connectivity index (χ1n) is 5.68. The van der Waals surface area contributed by atoms with Gasteiger partial charge in [-0.3, -0.25) is 19.9 Å². The minimum atomic E-state index is -0.389. The smallest absolute Gasteiger partial charge is 0.318 e. The molecule has 1 heterocycles. The maximum atomic E-state index is 11.7. The van der Waals surface area contributed by atoms with Crippen molar-refractivity contribution in [1.29, 1.82) is 0 Å². The molecule has 1 aromatic rings. The zero-order valence-corrected chi connectivity index (χ0v) is 10.4. The molecule has 0 atom stereocenters. The molecule has 0 spiro atoms. The molecule has 1 fully saturated rings. The number of nitrogens with two attached hydrogens (primary N) is 1. The van der Waals surface area contributed by atoms with Crippen molar-refractivity contribution in [2.24, 2.45) is 5.84 Å². The number of nitrogen functional groups attached to an aromatic ring is 1. The lowest BCUT2D eigenvalue weighted by Gasteiger charge is -2.14. The molecule has 19 heavy (non-hydrogen) atoms. The summed E-state index contributed by atoms with van der Waals surface area (Å²) in [6, 6.07) is 6.24. The summed E-state index contributed by atoms with van der Waals surface area (Å²) in [5, 5.41) is 0. The number of hydrazine groups is 1. The van der Waals surface area contributed by atoms with Gasteiger partial charge in [0.2, 0.25) is 0 Å². The molecule has 0 unspecified atom stereocenters. The van der Waals surface area contributed by atoms with Crippen LogP contribution < -0.4 is 11.3 Å². The van der Waals surface area contributed by atoms with Gasteiger partial charge in [-0.1, -0.05) is 12.1 Å². The monoisotopic (exact) mass is 262 g/mol. The van der Waals surface area contributed by atoms with Crippen molar-refractivity contribution >= 4 is 17.8 Å². The quantitative estimate of drug-likeness (QED) is 0.338. The second kappa shape index (κ2) is 5.07. The molecule has 0 bridgehead atoms. The highest BCUT2D eigenvalue weighted by molar-refractivity contribution is 6.01. The summed E-state index contributed by atoms with van der Waals surface area (Å²) in [5.41, 5.74) is 3.22. The second-order valence-electron chi connectivity index (χ2n) is 4.29. The van der Waals surface area contributed by atoms with Crippen LogP contribution in [-0.2, 0) is 11.3 Å². The van der Waals surface area contributed by atoms with Gasteiger partial charge in [-0.2, -0.15) is 0 Å². The lowest BCUT2D eigenvalue weighted by molar-refractivity contribution is -0.125. The van der Waals surface area contributed by atoms with Gasteiger partial charge in [0.15, 0.2) is 0 Å². The Hall–Kier alpha value is -2.41. The molecule has 100 valence electrons. The number of carbonyl (C=O) groups is 3. The summed E-state index contributed by atoms with van der Waals surface area (Å²) in [6.45, 7) is 0.305. The Labute approximate surface area is 109 Å². The Morgan fingerprint density at radius 1 is 1.32 bits per heavy atom. The molecule has 1 saturated heterocycles. The van der Waals surface area contributed by atoms with E-state index in [1.165, 1.54) is 9.80 Å². The van der Waals surface area contributed by atoms with E-state index in [2.05, 4.69) is 0 Å². The molecule has 1 aliphatic heterocycles. The van der Waals surface area contributed by atoms with Gasteiger partial charge < -0.3 is 4.90 Å². The number of rotatable bonds is 3. The van der Waals surface area contributed by atoms with Gasteiger partial charge in [0.05, 0.1) is 6.54 Å². The molecule has 0 radical (unpaired) electrons. The molecule has 3 N–H and O–H groups in total. The van der Waals surface area contributed by atoms with E-state index in [1.807, 2.05) is 5.43 Å². The second-order valence-corrected chi connectivity index (χ2v) is 4.29. The van der Waals surface area contributed by atoms with Crippen LogP contribution in [0.5, 0.6) is 0 Å². The van der Waals surface area contributed by atoms with E-state index in [0.29, 0.717) is 5.56 Å². The number of urea groups is 1. The molecule has 1 aromatic carbocycles. The van der Waals surface area contributed by atoms with Gasteiger partial charge in [0, 0.05) is 12.6 Å². The zero-order valence-electron chi connectivity index (χ0n) is 10.4. The third-order valence-corrected chi connectivity index (χ3v) is 2.92. The number of hydrogen-bond donors (Lipinski definition) is 2. The zero-order chi connectivity index (χ0) is 14.0. The lowest BCUT2D eigenvalue weighted by Crippen LogP contribution is -2.31. The minimum Gasteiger partial charge on any atom is -0.318 e. The lowest BCUT2D eigenvalue weighted by atomic mass is 10.1.